The van der Waals surface area contributed by atoms with Crippen molar-refractivity contribution in [3.8, 4) is 0 Å². The molecule has 1 heterocycles. The second-order valence-electron chi connectivity index (χ2n) is 3.44. The summed E-state index contributed by atoms with van der Waals surface area (Å²) in [6.07, 6.45) is 5.05. The maximum Gasteiger partial charge on any atom is 0.0612 e. The molecule has 1 N–H and O–H groups in total. The second kappa shape index (κ2) is 5.33. The van der Waals surface area contributed by atoms with Crippen molar-refractivity contribution >= 4 is 0 Å². The van der Waals surface area contributed by atoms with Crippen molar-refractivity contribution in [1.29, 1.82) is 0 Å². The molecule has 1 unspecified atom stereocenters. The molecule has 0 bridgehead atoms. The van der Waals surface area contributed by atoms with E-state index < -0.39 is 0 Å². The summed E-state index contributed by atoms with van der Waals surface area (Å²) >= 11 is 0. The molecule has 0 radical (unpaired) electrons. The van der Waals surface area contributed by atoms with Gasteiger partial charge in [0.05, 0.1) is 6.10 Å². The zero-order valence-corrected chi connectivity index (χ0v) is 7.94. The van der Waals surface area contributed by atoms with E-state index >= 15 is 0 Å². The molecule has 1 rings (SSSR count). The lowest BCUT2D eigenvalue weighted by Crippen LogP contribution is -2.11. The van der Waals surface area contributed by atoms with Crippen LogP contribution < -0.4 is 5.32 Å². The molecule has 0 spiro atoms. The van der Waals surface area contributed by atoms with Gasteiger partial charge in [-0.05, 0) is 39.3 Å². The summed E-state index contributed by atoms with van der Waals surface area (Å²) in [6.45, 7) is 6.02. The quantitative estimate of drug-likeness (QED) is 0.633. The summed E-state index contributed by atoms with van der Waals surface area (Å²) in [7, 11) is 1.97. The van der Waals surface area contributed by atoms with Gasteiger partial charge in [-0.25, -0.2) is 0 Å². The van der Waals surface area contributed by atoms with E-state index in [1.54, 1.807) is 0 Å². The fourth-order valence-corrected chi connectivity index (χ4v) is 1.53. The van der Waals surface area contributed by atoms with Gasteiger partial charge >= 0.3 is 0 Å². The predicted molar refractivity (Wildman–Crippen MR) is 51.3 cm³/mol. The van der Waals surface area contributed by atoms with E-state index in [2.05, 4.69) is 11.9 Å². The molecule has 0 aromatic carbocycles. The fraction of sp³-hybridized carbons (Fsp3) is 0.800. The maximum absolute atomic E-state index is 5.52. The van der Waals surface area contributed by atoms with E-state index in [-0.39, 0.29) is 0 Å². The topological polar surface area (TPSA) is 21.3 Å². The van der Waals surface area contributed by atoms with Crippen LogP contribution in [0.3, 0.4) is 0 Å². The summed E-state index contributed by atoms with van der Waals surface area (Å²) in [5.41, 5.74) is 1.32. The average molecular weight is 169 g/mol. The van der Waals surface area contributed by atoms with Gasteiger partial charge in [0.25, 0.3) is 0 Å². The molecular weight excluding hydrogens is 150 g/mol. The molecule has 2 heteroatoms. The Morgan fingerprint density at radius 3 is 3.08 bits per heavy atom. The van der Waals surface area contributed by atoms with Crippen LogP contribution in [0.5, 0.6) is 0 Å². The van der Waals surface area contributed by atoms with Crippen LogP contribution in [0.1, 0.15) is 25.7 Å². The molecule has 12 heavy (non-hydrogen) atoms. The van der Waals surface area contributed by atoms with E-state index in [4.69, 9.17) is 4.74 Å². The van der Waals surface area contributed by atoms with Gasteiger partial charge in [-0.2, -0.15) is 0 Å². The second-order valence-corrected chi connectivity index (χ2v) is 3.44. The van der Waals surface area contributed by atoms with Crippen LogP contribution in [0, 0.1) is 0 Å². The van der Waals surface area contributed by atoms with Crippen LogP contribution in [0.4, 0.5) is 0 Å². The molecule has 0 aliphatic carbocycles. The summed E-state index contributed by atoms with van der Waals surface area (Å²) in [6, 6.07) is 0. The summed E-state index contributed by atoms with van der Waals surface area (Å²) < 4.78 is 5.52. The van der Waals surface area contributed by atoms with Crippen LogP contribution in [0.25, 0.3) is 0 Å². The van der Waals surface area contributed by atoms with Crippen molar-refractivity contribution in [1.82, 2.24) is 5.32 Å². The Morgan fingerprint density at radius 2 is 2.50 bits per heavy atom. The molecule has 0 saturated carbocycles. The first-order chi connectivity index (χ1) is 5.83. The molecule has 0 aromatic heterocycles. The van der Waals surface area contributed by atoms with Crippen molar-refractivity contribution in [2.24, 2.45) is 0 Å². The highest BCUT2D eigenvalue weighted by Gasteiger charge is 2.15. The van der Waals surface area contributed by atoms with E-state index in [1.807, 2.05) is 7.05 Å². The molecule has 0 amide bonds. The largest absolute Gasteiger partial charge is 0.378 e. The van der Waals surface area contributed by atoms with Crippen LogP contribution >= 0.6 is 0 Å². The third-order valence-electron chi connectivity index (χ3n) is 2.27. The Labute approximate surface area is 75.0 Å². The first-order valence-corrected chi connectivity index (χ1v) is 4.76. The van der Waals surface area contributed by atoms with Crippen LogP contribution in [-0.2, 0) is 4.74 Å². The van der Waals surface area contributed by atoms with Gasteiger partial charge in [0.15, 0.2) is 0 Å². The molecule has 1 fully saturated rings. The molecule has 1 aliphatic rings. The average Bonchev–Trinajstić information content (AvgIpc) is 2.53. The zero-order valence-electron chi connectivity index (χ0n) is 7.94. The number of ether oxygens (including phenoxy) is 1. The minimum Gasteiger partial charge on any atom is -0.378 e. The Morgan fingerprint density at radius 1 is 1.67 bits per heavy atom. The van der Waals surface area contributed by atoms with Gasteiger partial charge in [0, 0.05) is 6.61 Å². The van der Waals surface area contributed by atoms with Gasteiger partial charge in [0.1, 0.15) is 0 Å². The number of hydrogen-bond acceptors (Lipinski definition) is 2. The maximum atomic E-state index is 5.52. The Hall–Kier alpha value is -0.340. The molecule has 70 valence electrons. The van der Waals surface area contributed by atoms with E-state index in [9.17, 15) is 0 Å². The lowest BCUT2D eigenvalue weighted by Gasteiger charge is -2.10. The Kier molecular flexibility index (Phi) is 4.33. The lowest BCUT2D eigenvalue weighted by molar-refractivity contribution is 0.111. The molecular formula is C10H19NO. The highest BCUT2D eigenvalue weighted by molar-refractivity contribution is 4.97. The minimum atomic E-state index is 0.467. The lowest BCUT2D eigenvalue weighted by atomic mass is 10.1. The van der Waals surface area contributed by atoms with Gasteiger partial charge < -0.3 is 10.1 Å². The highest BCUT2D eigenvalue weighted by atomic mass is 16.5. The third kappa shape index (κ3) is 3.37. The Balaban J connectivity index is 2.08. The summed E-state index contributed by atoms with van der Waals surface area (Å²) in [4.78, 5) is 0. The number of nitrogens with one attached hydrogen (secondary N) is 1. The number of hydrogen-bond donors (Lipinski definition) is 1. The first kappa shape index (κ1) is 9.75. The predicted octanol–water partition coefficient (Wildman–Crippen LogP) is 1.72. The highest BCUT2D eigenvalue weighted by Crippen LogP contribution is 2.19. The van der Waals surface area contributed by atoms with Gasteiger partial charge in [-0.1, -0.05) is 12.2 Å². The van der Waals surface area contributed by atoms with E-state index in [0.717, 1.165) is 26.0 Å². The van der Waals surface area contributed by atoms with Crippen LogP contribution in [-0.4, -0.2) is 26.3 Å². The first-order valence-electron chi connectivity index (χ1n) is 4.76. The zero-order chi connectivity index (χ0) is 8.81. The van der Waals surface area contributed by atoms with Crippen molar-refractivity contribution < 1.29 is 4.74 Å². The Bertz CT molecular complexity index is 139. The SMILES string of the molecule is C=C(CCNC)CC1CCCO1. The van der Waals surface area contributed by atoms with Crippen LogP contribution in [0.15, 0.2) is 12.2 Å². The smallest absolute Gasteiger partial charge is 0.0612 e. The van der Waals surface area contributed by atoms with Crippen molar-refractivity contribution in [3.05, 3.63) is 12.2 Å². The fourth-order valence-electron chi connectivity index (χ4n) is 1.53. The van der Waals surface area contributed by atoms with Crippen molar-refractivity contribution in [2.45, 2.75) is 31.8 Å². The molecule has 1 saturated heterocycles. The third-order valence-corrected chi connectivity index (χ3v) is 2.27. The number of rotatable bonds is 5. The molecule has 1 aliphatic heterocycles. The van der Waals surface area contributed by atoms with Gasteiger partial charge in [-0.15, -0.1) is 0 Å². The molecule has 2 nitrogen and oxygen atoms in total. The monoisotopic (exact) mass is 169 g/mol. The van der Waals surface area contributed by atoms with E-state index in [0.29, 0.717) is 6.10 Å². The molecule has 0 aromatic rings. The van der Waals surface area contributed by atoms with E-state index in [1.165, 1.54) is 18.4 Å². The minimum absolute atomic E-state index is 0.467. The van der Waals surface area contributed by atoms with Gasteiger partial charge in [-0.3, -0.25) is 0 Å². The summed E-state index contributed by atoms with van der Waals surface area (Å²) in [5, 5.41) is 3.12. The van der Waals surface area contributed by atoms with Gasteiger partial charge in [0.2, 0.25) is 0 Å². The summed E-state index contributed by atoms with van der Waals surface area (Å²) in [5.74, 6) is 0. The van der Waals surface area contributed by atoms with Crippen molar-refractivity contribution in [2.75, 3.05) is 20.2 Å². The molecule has 1 atom stereocenters. The van der Waals surface area contributed by atoms with Crippen LogP contribution in [0.2, 0.25) is 0 Å². The van der Waals surface area contributed by atoms with Crippen molar-refractivity contribution in [3.63, 3.8) is 0 Å². The normalized spacial score (nSPS) is 22.9. The standard InChI is InChI=1S/C10H19NO/c1-9(5-6-11-2)8-10-4-3-7-12-10/h10-11H,1,3-8H2,2H3.